The first kappa shape index (κ1) is 20.6. The van der Waals surface area contributed by atoms with Crippen molar-refractivity contribution >= 4 is 40.9 Å². The normalized spacial score (nSPS) is 16.6. The molecule has 1 atom stereocenters. The molecule has 3 rings (SSSR count). The summed E-state index contributed by atoms with van der Waals surface area (Å²) in [5, 5.41) is 15.3. The van der Waals surface area contributed by atoms with Gasteiger partial charge in [-0.3, -0.25) is 4.79 Å². The van der Waals surface area contributed by atoms with Crippen molar-refractivity contribution in [2.45, 2.75) is 24.7 Å². The quantitative estimate of drug-likeness (QED) is 0.446. The molecule has 0 saturated carbocycles. The molecule has 0 unspecified atom stereocenters. The first-order valence-corrected chi connectivity index (χ1v) is 11.1. The van der Waals surface area contributed by atoms with Gasteiger partial charge in [0.05, 0.1) is 27.7 Å². The van der Waals surface area contributed by atoms with Gasteiger partial charge in [0, 0.05) is 21.2 Å². The molecule has 142 valence electrons. The lowest BCUT2D eigenvalue weighted by molar-refractivity contribution is -0.113. The number of thioether (sulfide) groups is 2. The van der Waals surface area contributed by atoms with Crippen LogP contribution in [0.2, 0.25) is 5.02 Å². The number of Topliss-reactive ketones (excluding diaryl/α,β-unsaturated/α-hetero) is 1. The number of allylic oxidation sites excluding steroid dienone is 3. The molecule has 0 amide bonds. The van der Waals surface area contributed by atoms with Gasteiger partial charge in [-0.2, -0.15) is 5.26 Å². The van der Waals surface area contributed by atoms with E-state index in [4.69, 9.17) is 11.6 Å². The minimum Gasteiger partial charge on any atom is -0.353 e. The van der Waals surface area contributed by atoms with Crippen molar-refractivity contribution < 1.29 is 4.79 Å². The summed E-state index contributed by atoms with van der Waals surface area (Å²) in [6.45, 7) is 3.41. The monoisotopic (exact) mass is 426 g/mol. The number of hydrogen-bond acceptors (Lipinski definition) is 5. The predicted octanol–water partition coefficient (Wildman–Crippen LogP) is 6.11. The fourth-order valence-electron chi connectivity index (χ4n) is 3.19. The zero-order valence-corrected chi connectivity index (χ0v) is 17.9. The van der Waals surface area contributed by atoms with Crippen LogP contribution in [0.5, 0.6) is 0 Å². The second kappa shape index (κ2) is 9.38. The van der Waals surface area contributed by atoms with Gasteiger partial charge in [0.25, 0.3) is 0 Å². The zero-order chi connectivity index (χ0) is 20.1. The SMILES string of the molecule is CC(=O)C1=C(C)NC(SCSc2ccccc2)=C(C#N)[C@H]1c1ccccc1Cl. The first-order valence-electron chi connectivity index (χ1n) is 8.71. The van der Waals surface area contributed by atoms with Crippen LogP contribution >= 0.6 is 35.1 Å². The molecular formula is C22H19ClN2OS2. The lowest BCUT2D eigenvalue weighted by Crippen LogP contribution is -2.27. The van der Waals surface area contributed by atoms with E-state index in [1.165, 1.54) is 11.8 Å². The molecule has 1 aliphatic heterocycles. The van der Waals surface area contributed by atoms with Crippen LogP contribution in [0.3, 0.4) is 0 Å². The summed E-state index contributed by atoms with van der Waals surface area (Å²) in [5.41, 5.74) is 2.66. The second-order valence-electron chi connectivity index (χ2n) is 6.25. The zero-order valence-electron chi connectivity index (χ0n) is 15.5. The maximum Gasteiger partial charge on any atom is 0.158 e. The molecule has 0 aromatic heterocycles. The van der Waals surface area contributed by atoms with E-state index < -0.39 is 5.92 Å². The number of dihydropyridines is 1. The molecule has 0 saturated heterocycles. The van der Waals surface area contributed by atoms with Crippen molar-refractivity contribution in [3.63, 3.8) is 0 Å². The smallest absolute Gasteiger partial charge is 0.158 e. The third-order valence-corrected chi connectivity index (χ3v) is 6.92. The number of hydrogen-bond donors (Lipinski definition) is 1. The van der Waals surface area contributed by atoms with E-state index in [0.717, 1.165) is 21.4 Å². The molecule has 1 N–H and O–H groups in total. The maximum absolute atomic E-state index is 12.4. The van der Waals surface area contributed by atoms with Crippen molar-refractivity contribution in [1.29, 1.82) is 5.26 Å². The highest BCUT2D eigenvalue weighted by molar-refractivity contribution is 8.17. The van der Waals surface area contributed by atoms with Crippen molar-refractivity contribution in [3.05, 3.63) is 87.1 Å². The Labute approximate surface area is 178 Å². The molecule has 2 aromatic carbocycles. The van der Waals surface area contributed by atoms with E-state index in [1.807, 2.05) is 43.3 Å². The van der Waals surface area contributed by atoms with Crippen LogP contribution < -0.4 is 5.32 Å². The summed E-state index contributed by atoms with van der Waals surface area (Å²) >= 11 is 9.70. The predicted molar refractivity (Wildman–Crippen MR) is 118 cm³/mol. The summed E-state index contributed by atoms with van der Waals surface area (Å²) in [6.07, 6.45) is 0. The van der Waals surface area contributed by atoms with Gasteiger partial charge in [0.2, 0.25) is 0 Å². The number of nitrogens with zero attached hydrogens (tertiary/aromatic N) is 1. The number of halogens is 1. The van der Waals surface area contributed by atoms with Gasteiger partial charge in [-0.25, -0.2) is 0 Å². The Balaban J connectivity index is 1.95. The Morgan fingerprint density at radius 1 is 1.14 bits per heavy atom. The van der Waals surface area contributed by atoms with Crippen LogP contribution in [0, 0.1) is 11.3 Å². The molecule has 1 aliphatic rings. The van der Waals surface area contributed by atoms with Crippen LogP contribution in [0.25, 0.3) is 0 Å². The standard InChI is InChI=1S/C22H19ClN2OS2/c1-14-20(15(2)26)21(17-10-6-7-11-19(17)23)18(12-24)22(25-14)28-13-27-16-8-4-3-5-9-16/h3-11,21,25H,13H2,1-2H3/t21-/m1/s1. The number of nitriles is 1. The van der Waals surface area contributed by atoms with Crippen LogP contribution in [-0.2, 0) is 4.79 Å². The average Bonchev–Trinajstić information content (AvgIpc) is 2.68. The first-order chi connectivity index (χ1) is 13.5. The molecule has 0 bridgehead atoms. The number of rotatable bonds is 6. The summed E-state index contributed by atoms with van der Waals surface area (Å²) in [4.78, 5) is 13.6. The van der Waals surface area contributed by atoms with Gasteiger partial charge < -0.3 is 5.32 Å². The Bertz CT molecular complexity index is 993. The van der Waals surface area contributed by atoms with Gasteiger partial charge >= 0.3 is 0 Å². The van der Waals surface area contributed by atoms with E-state index in [1.54, 1.807) is 29.6 Å². The highest BCUT2D eigenvalue weighted by atomic mass is 35.5. The minimum atomic E-state index is -0.457. The number of ketones is 1. The van der Waals surface area contributed by atoms with Crippen LogP contribution in [0.4, 0.5) is 0 Å². The third kappa shape index (κ3) is 4.47. The van der Waals surface area contributed by atoms with E-state index in [2.05, 4.69) is 23.5 Å². The molecule has 0 fully saturated rings. The molecule has 6 heteroatoms. The van der Waals surface area contributed by atoms with Crippen LogP contribution in [0.15, 0.2) is 81.4 Å². The number of carbonyl (C=O) groups is 1. The van der Waals surface area contributed by atoms with E-state index in [-0.39, 0.29) is 5.78 Å². The average molecular weight is 427 g/mol. The molecular weight excluding hydrogens is 408 g/mol. The van der Waals surface area contributed by atoms with Crippen LogP contribution in [0.1, 0.15) is 25.3 Å². The van der Waals surface area contributed by atoms with Gasteiger partial charge in [-0.15, -0.1) is 11.8 Å². The number of nitrogens with one attached hydrogen (secondary N) is 1. The van der Waals surface area contributed by atoms with Crippen LogP contribution in [-0.4, -0.2) is 10.9 Å². The fourth-order valence-corrected chi connectivity index (χ4v) is 5.58. The van der Waals surface area contributed by atoms with Crippen molar-refractivity contribution in [2.24, 2.45) is 0 Å². The lowest BCUT2D eigenvalue weighted by Gasteiger charge is -2.29. The molecule has 3 nitrogen and oxygen atoms in total. The highest BCUT2D eigenvalue weighted by Crippen LogP contribution is 2.43. The molecule has 0 spiro atoms. The molecule has 2 aromatic rings. The molecule has 0 aliphatic carbocycles. The third-order valence-electron chi connectivity index (χ3n) is 4.42. The largest absolute Gasteiger partial charge is 0.353 e. The Kier molecular flexibility index (Phi) is 6.90. The van der Waals surface area contributed by atoms with Gasteiger partial charge in [0.15, 0.2) is 5.78 Å². The van der Waals surface area contributed by atoms with Gasteiger partial charge in [-0.05, 0) is 37.6 Å². The molecule has 0 radical (unpaired) electrons. The Morgan fingerprint density at radius 3 is 2.46 bits per heavy atom. The molecule has 1 heterocycles. The highest BCUT2D eigenvalue weighted by Gasteiger charge is 2.34. The summed E-state index contributed by atoms with van der Waals surface area (Å²) < 4.78 is 0. The fraction of sp³-hybridized carbons (Fsp3) is 0.182. The van der Waals surface area contributed by atoms with Crippen molar-refractivity contribution in [3.8, 4) is 6.07 Å². The Hall–Kier alpha value is -2.13. The maximum atomic E-state index is 12.4. The van der Waals surface area contributed by atoms with E-state index in [0.29, 0.717) is 16.2 Å². The van der Waals surface area contributed by atoms with Crippen molar-refractivity contribution in [2.75, 3.05) is 5.08 Å². The molecule has 28 heavy (non-hydrogen) atoms. The van der Waals surface area contributed by atoms with E-state index in [9.17, 15) is 10.1 Å². The van der Waals surface area contributed by atoms with Gasteiger partial charge in [0.1, 0.15) is 0 Å². The van der Waals surface area contributed by atoms with E-state index >= 15 is 0 Å². The summed E-state index contributed by atoms with van der Waals surface area (Å²) in [6, 6.07) is 19.8. The number of carbonyl (C=O) groups excluding carboxylic acids is 1. The van der Waals surface area contributed by atoms with Gasteiger partial charge in [-0.1, -0.05) is 59.8 Å². The summed E-state index contributed by atoms with van der Waals surface area (Å²) in [7, 11) is 0. The topological polar surface area (TPSA) is 52.9 Å². The lowest BCUT2D eigenvalue weighted by atomic mass is 9.81. The van der Waals surface area contributed by atoms with Crippen molar-refractivity contribution in [1.82, 2.24) is 5.32 Å². The second-order valence-corrected chi connectivity index (χ2v) is 9.06. The number of benzene rings is 2. The Morgan fingerprint density at radius 2 is 1.82 bits per heavy atom. The minimum absolute atomic E-state index is 0.0645. The summed E-state index contributed by atoms with van der Waals surface area (Å²) in [5.74, 6) is -0.521.